The Labute approximate surface area is 168 Å². The molecule has 2 heterocycles. The minimum atomic E-state index is -0.536. The molecule has 0 saturated heterocycles. The third kappa shape index (κ3) is 3.58. The highest BCUT2D eigenvalue weighted by atomic mass is 32.1. The Morgan fingerprint density at radius 1 is 1.00 bits per heavy atom. The quantitative estimate of drug-likeness (QED) is 0.687. The molecular weight excluding hydrogens is 368 g/mol. The fraction of sp³-hybridized carbons (Fsp3) is 0.217. The van der Waals surface area contributed by atoms with Crippen LogP contribution < -0.4 is 10.2 Å². The van der Waals surface area contributed by atoms with Gasteiger partial charge in [-0.15, -0.1) is 11.3 Å². The Bertz CT molecular complexity index is 1020. The van der Waals surface area contributed by atoms with Gasteiger partial charge in [0.2, 0.25) is 5.91 Å². The van der Waals surface area contributed by atoms with E-state index in [4.69, 9.17) is 0 Å². The molecule has 0 fully saturated rings. The van der Waals surface area contributed by atoms with E-state index in [9.17, 15) is 9.59 Å². The normalized spacial score (nSPS) is 15.8. The van der Waals surface area contributed by atoms with E-state index in [0.717, 1.165) is 33.8 Å². The molecular formula is C23H22N2O2S. The second kappa shape index (κ2) is 7.60. The summed E-state index contributed by atoms with van der Waals surface area (Å²) in [7, 11) is 0. The number of nitrogens with zero attached hydrogens (tertiary/aromatic N) is 1. The molecule has 0 saturated carbocycles. The molecule has 1 aliphatic heterocycles. The molecule has 2 amide bonds. The monoisotopic (exact) mass is 390 g/mol. The number of amides is 2. The predicted molar refractivity (Wildman–Crippen MR) is 114 cm³/mol. The van der Waals surface area contributed by atoms with Crippen LogP contribution in [0.15, 0.2) is 60.7 Å². The predicted octanol–water partition coefficient (Wildman–Crippen LogP) is 4.97. The molecule has 142 valence electrons. The van der Waals surface area contributed by atoms with Crippen LogP contribution >= 0.6 is 11.3 Å². The first-order chi connectivity index (χ1) is 13.5. The second-order valence-corrected chi connectivity index (χ2v) is 8.41. The van der Waals surface area contributed by atoms with E-state index in [1.165, 1.54) is 11.3 Å². The topological polar surface area (TPSA) is 49.4 Å². The van der Waals surface area contributed by atoms with E-state index in [1.807, 2.05) is 74.5 Å². The molecule has 28 heavy (non-hydrogen) atoms. The Morgan fingerprint density at radius 2 is 1.75 bits per heavy atom. The minimum absolute atomic E-state index is 0.116. The molecule has 1 N–H and O–H groups in total. The smallest absolute Gasteiger partial charge is 0.269 e. The lowest BCUT2D eigenvalue weighted by Crippen LogP contribution is -2.50. The fourth-order valence-electron chi connectivity index (χ4n) is 3.58. The van der Waals surface area contributed by atoms with E-state index in [2.05, 4.69) is 5.32 Å². The van der Waals surface area contributed by atoms with E-state index in [1.54, 1.807) is 4.90 Å². The van der Waals surface area contributed by atoms with Gasteiger partial charge in [0.25, 0.3) is 5.91 Å². The number of hydrogen-bond donors (Lipinski definition) is 1. The van der Waals surface area contributed by atoms with Crippen molar-refractivity contribution in [3.8, 4) is 0 Å². The van der Waals surface area contributed by atoms with Gasteiger partial charge < -0.3 is 5.32 Å². The molecule has 4 rings (SSSR count). The molecule has 0 bridgehead atoms. The second-order valence-electron chi connectivity index (χ2n) is 7.12. The Morgan fingerprint density at radius 3 is 2.46 bits per heavy atom. The number of carbonyl (C=O) groups excluding carboxylic acids is 2. The van der Waals surface area contributed by atoms with Crippen molar-refractivity contribution in [3.63, 3.8) is 0 Å². The van der Waals surface area contributed by atoms with Crippen LogP contribution in [0.1, 0.15) is 32.1 Å². The summed E-state index contributed by atoms with van der Waals surface area (Å²) in [5.41, 5.74) is 3.81. The molecule has 1 unspecified atom stereocenters. The lowest BCUT2D eigenvalue weighted by atomic mass is 9.94. The van der Waals surface area contributed by atoms with Crippen molar-refractivity contribution in [2.24, 2.45) is 0 Å². The highest BCUT2D eigenvalue weighted by molar-refractivity contribution is 7.14. The molecule has 4 nitrogen and oxygen atoms in total. The van der Waals surface area contributed by atoms with E-state index in [-0.39, 0.29) is 11.8 Å². The van der Waals surface area contributed by atoms with E-state index in [0.29, 0.717) is 11.3 Å². The van der Waals surface area contributed by atoms with Gasteiger partial charge >= 0.3 is 0 Å². The summed E-state index contributed by atoms with van der Waals surface area (Å²) < 4.78 is 0. The van der Waals surface area contributed by atoms with Gasteiger partial charge in [-0.3, -0.25) is 14.5 Å². The summed E-state index contributed by atoms with van der Waals surface area (Å²) in [5.74, 6) is -0.269. The van der Waals surface area contributed by atoms with Crippen molar-refractivity contribution in [2.45, 2.75) is 32.7 Å². The van der Waals surface area contributed by atoms with Crippen LogP contribution in [-0.2, 0) is 11.2 Å². The van der Waals surface area contributed by atoms with Crippen molar-refractivity contribution in [2.75, 3.05) is 10.2 Å². The Kier molecular flexibility index (Phi) is 5.01. The Balaban J connectivity index is 1.67. The Hall–Kier alpha value is -2.92. The van der Waals surface area contributed by atoms with Crippen molar-refractivity contribution in [1.82, 2.24) is 0 Å². The number of aryl methyl sites for hydroxylation is 3. The summed E-state index contributed by atoms with van der Waals surface area (Å²) in [6, 6.07) is 18.8. The van der Waals surface area contributed by atoms with Gasteiger partial charge in [-0.05, 0) is 62.6 Å². The number of fused-ring (bicyclic) bond motifs is 1. The molecule has 0 aliphatic carbocycles. The number of thiophene rings is 1. The molecule has 1 aliphatic rings. The largest absolute Gasteiger partial charge is 0.324 e. The first-order valence-electron chi connectivity index (χ1n) is 9.38. The molecule has 3 aromatic rings. The third-order valence-corrected chi connectivity index (χ3v) is 6.03. The molecule has 2 aromatic carbocycles. The van der Waals surface area contributed by atoms with Gasteiger partial charge in [0.15, 0.2) is 0 Å². The maximum Gasteiger partial charge on any atom is 0.269 e. The first kappa shape index (κ1) is 18.4. The molecule has 1 atom stereocenters. The lowest BCUT2D eigenvalue weighted by molar-refractivity contribution is -0.117. The van der Waals surface area contributed by atoms with Crippen molar-refractivity contribution < 1.29 is 9.59 Å². The summed E-state index contributed by atoms with van der Waals surface area (Å²) >= 11 is 1.46. The number of nitrogens with one attached hydrogen (secondary N) is 1. The third-order valence-electron chi connectivity index (χ3n) is 5.04. The van der Waals surface area contributed by atoms with Gasteiger partial charge in [0, 0.05) is 16.3 Å². The van der Waals surface area contributed by atoms with Crippen LogP contribution in [0.3, 0.4) is 0 Å². The fourth-order valence-corrected chi connectivity index (χ4v) is 4.38. The number of rotatable bonds is 3. The number of hydrogen-bond acceptors (Lipinski definition) is 3. The van der Waals surface area contributed by atoms with Crippen LogP contribution in [0, 0.1) is 13.8 Å². The average Bonchev–Trinajstić information content (AvgIpc) is 3.14. The van der Waals surface area contributed by atoms with Gasteiger partial charge in [0.05, 0.1) is 4.88 Å². The van der Waals surface area contributed by atoms with Crippen molar-refractivity contribution in [3.05, 3.63) is 81.5 Å². The number of carbonyl (C=O) groups is 2. The van der Waals surface area contributed by atoms with Crippen LogP contribution in [0.2, 0.25) is 0 Å². The molecule has 5 heteroatoms. The molecule has 1 aromatic heterocycles. The first-order valence-corrected chi connectivity index (χ1v) is 10.2. The average molecular weight is 391 g/mol. The maximum atomic E-state index is 13.3. The van der Waals surface area contributed by atoms with Crippen LogP contribution in [0.5, 0.6) is 0 Å². The molecule has 0 radical (unpaired) electrons. The van der Waals surface area contributed by atoms with Crippen LogP contribution in [-0.4, -0.2) is 17.9 Å². The highest BCUT2D eigenvalue weighted by Crippen LogP contribution is 2.33. The van der Waals surface area contributed by atoms with Crippen molar-refractivity contribution >= 4 is 34.5 Å². The number of para-hydroxylation sites is 1. The highest BCUT2D eigenvalue weighted by Gasteiger charge is 2.36. The molecule has 0 spiro atoms. The zero-order chi connectivity index (χ0) is 19.7. The number of anilines is 2. The SMILES string of the molecule is Cc1ccc(NC(=O)C2CCc3ccccc3N2C(=O)c2ccc(C)s2)cc1. The van der Waals surface area contributed by atoms with Gasteiger partial charge in [-0.25, -0.2) is 0 Å². The zero-order valence-corrected chi connectivity index (χ0v) is 16.8. The van der Waals surface area contributed by atoms with Crippen LogP contribution in [0.25, 0.3) is 0 Å². The van der Waals surface area contributed by atoms with Gasteiger partial charge in [0.1, 0.15) is 6.04 Å². The lowest BCUT2D eigenvalue weighted by Gasteiger charge is -2.36. The summed E-state index contributed by atoms with van der Waals surface area (Å²) in [5, 5.41) is 2.98. The summed E-state index contributed by atoms with van der Waals surface area (Å²) in [4.78, 5) is 29.9. The zero-order valence-electron chi connectivity index (χ0n) is 15.9. The van der Waals surface area contributed by atoms with Crippen molar-refractivity contribution in [1.29, 1.82) is 0 Å². The van der Waals surface area contributed by atoms with Crippen LogP contribution in [0.4, 0.5) is 11.4 Å². The number of benzene rings is 2. The van der Waals surface area contributed by atoms with E-state index >= 15 is 0 Å². The minimum Gasteiger partial charge on any atom is -0.324 e. The van der Waals surface area contributed by atoms with Gasteiger partial charge in [-0.1, -0.05) is 35.9 Å². The van der Waals surface area contributed by atoms with Gasteiger partial charge in [-0.2, -0.15) is 0 Å². The van der Waals surface area contributed by atoms with E-state index < -0.39 is 6.04 Å². The summed E-state index contributed by atoms with van der Waals surface area (Å²) in [6.45, 7) is 3.99. The standard InChI is InChI=1S/C23H22N2O2S/c1-15-7-11-18(12-8-15)24-22(26)20-13-10-17-5-3-4-6-19(17)25(20)23(27)21-14-9-16(2)28-21/h3-9,11-12,14,20H,10,13H2,1-2H3,(H,24,26). The summed E-state index contributed by atoms with van der Waals surface area (Å²) in [6.07, 6.45) is 1.38. The maximum absolute atomic E-state index is 13.3.